The maximum absolute atomic E-state index is 6.01. The maximum atomic E-state index is 6.01. The topological polar surface area (TPSA) is 52.0 Å². The lowest BCUT2D eigenvalue weighted by atomic mass is 10.1. The summed E-state index contributed by atoms with van der Waals surface area (Å²) in [5.41, 5.74) is 12.7. The second-order valence-electron chi connectivity index (χ2n) is 3.94. The summed E-state index contributed by atoms with van der Waals surface area (Å²) < 4.78 is 0. The zero-order valence-electron chi connectivity index (χ0n) is 9.84. The Morgan fingerprint density at radius 1 is 1.06 bits per heavy atom. The summed E-state index contributed by atoms with van der Waals surface area (Å²) in [5, 5.41) is 0.742. The van der Waals surface area contributed by atoms with Crippen LogP contribution in [0.2, 0.25) is 5.02 Å². The molecule has 2 rings (SSSR count). The molecule has 0 unspecified atom stereocenters. The van der Waals surface area contributed by atoms with Gasteiger partial charge in [-0.3, -0.25) is 0 Å². The third-order valence-electron chi connectivity index (χ3n) is 2.61. The highest BCUT2D eigenvalue weighted by Gasteiger charge is 2.09. The molecule has 0 fully saturated rings. The van der Waals surface area contributed by atoms with E-state index in [0.29, 0.717) is 6.54 Å². The molecule has 0 spiro atoms. The summed E-state index contributed by atoms with van der Waals surface area (Å²) in [6, 6.07) is 15.7. The van der Waals surface area contributed by atoms with Crippen molar-refractivity contribution in [3.05, 3.63) is 59.1 Å². The molecule has 0 saturated carbocycles. The fourth-order valence-corrected chi connectivity index (χ4v) is 2.77. The Hall–Kier alpha value is -1.00. The summed E-state index contributed by atoms with van der Waals surface area (Å²) >= 11 is 7.55. The highest BCUT2D eigenvalue weighted by atomic mass is 35.5. The molecule has 2 aromatic carbocycles. The molecule has 94 valence electrons. The highest BCUT2D eigenvalue weighted by Crippen LogP contribution is 2.32. The summed E-state index contributed by atoms with van der Waals surface area (Å²) in [7, 11) is 0. The van der Waals surface area contributed by atoms with E-state index < -0.39 is 0 Å². The van der Waals surface area contributed by atoms with E-state index in [9.17, 15) is 0 Å². The summed E-state index contributed by atoms with van der Waals surface area (Å²) in [4.78, 5) is 2.27. The van der Waals surface area contributed by atoms with Gasteiger partial charge in [-0.25, -0.2) is 0 Å². The molecule has 1 atom stereocenters. The summed E-state index contributed by atoms with van der Waals surface area (Å²) in [6.45, 7) is 0.443. The van der Waals surface area contributed by atoms with Crippen LogP contribution in [0.1, 0.15) is 11.6 Å². The zero-order chi connectivity index (χ0) is 13.0. The van der Waals surface area contributed by atoms with Crippen LogP contribution >= 0.6 is 23.4 Å². The van der Waals surface area contributed by atoms with Crippen LogP contribution in [0.5, 0.6) is 0 Å². The van der Waals surface area contributed by atoms with Gasteiger partial charge >= 0.3 is 0 Å². The van der Waals surface area contributed by atoms with Crippen molar-refractivity contribution in [1.82, 2.24) is 0 Å². The van der Waals surface area contributed by atoms with Crippen LogP contribution < -0.4 is 11.5 Å². The second kappa shape index (κ2) is 6.25. The van der Waals surface area contributed by atoms with Crippen molar-refractivity contribution in [2.45, 2.75) is 15.8 Å². The molecular formula is C14H15ClN2S. The molecule has 0 aliphatic rings. The fraction of sp³-hybridized carbons (Fsp3) is 0.143. The van der Waals surface area contributed by atoms with Crippen molar-refractivity contribution < 1.29 is 0 Å². The Balaban J connectivity index is 2.26. The first kappa shape index (κ1) is 13.4. The predicted molar refractivity (Wildman–Crippen MR) is 78.0 cm³/mol. The molecule has 0 radical (unpaired) electrons. The van der Waals surface area contributed by atoms with Gasteiger partial charge in [0.15, 0.2) is 0 Å². The molecule has 4 heteroatoms. The molecular weight excluding hydrogens is 264 g/mol. The average Bonchev–Trinajstić information content (AvgIpc) is 2.41. The minimum absolute atomic E-state index is 0.124. The number of halogens is 1. The molecule has 0 aliphatic heterocycles. The van der Waals surface area contributed by atoms with E-state index in [4.69, 9.17) is 23.1 Å². The number of benzene rings is 2. The smallest absolute Gasteiger partial charge is 0.0430 e. The molecule has 0 bridgehead atoms. The molecule has 0 amide bonds. The third-order valence-corrected chi connectivity index (χ3v) is 3.97. The summed E-state index contributed by atoms with van der Waals surface area (Å²) in [6.07, 6.45) is 0. The standard InChI is InChI=1S/C14H15ClN2S/c15-10-5-7-11(8-6-10)18-14-4-2-1-3-12(14)13(17)9-16/h1-8,13H,9,16-17H2/t13-/m1/s1. The number of hydrogen-bond acceptors (Lipinski definition) is 3. The lowest BCUT2D eigenvalue weighted by Crippen LogP contribution is -2.21. The SMILES string of the molecule is NC[C@@H](N)c1ccccc1Sc1ccc(Cl)cc1. The normalized spacial score (nSPS) is 12.4. The van der Waals surface area contributed by atoms with Gasteiger partial charge in [0.25, 0.3) is 0 Å². The van der Waals surface area contributed by atoms with Gasteiger partial charge in [-0.05, 0) is 35.9 Å². The first-order valence-corrected chi connectivity index (χ1v) is 6.88. The van der Waals surface area contributed by atoms with E-state index in [1.165, 1.54) is 0 Å². The molecule has 4 N–H and O–H groups in total. The first-order chi connectivity index (χ1) is 8.70. The molecule has 0 heterocycles. The first-order valence-electron chi connectivity index (χ1n) is 5.68. The van der Waals surface area contributed by atoms with Gasteiger partial charge < -0.3 is 11.5 Å². The maximum Gasteiger partial charge on any atom is 0.0430 e. The van der Waals surface area contributed by atoms with Crippen molar-refractivity contribution in [2.24, 2.45) is 11.5 Å². The monoisotopic (exact) mass is 278 g/mol. The quantitative estimate of drug-likeness (QED) is 0.901. The Bertz CT molecular complexity index is 513. The van der Waals surface area contributed by atoms with E-state index in [0.717, 1.165) is 20.4 Å². The fourth-order valence-electron chi connectivity index (χ4n) is 1.64. The van der Waals surface area contributed by atoms with Gasteiger partial charge in [-0.2, -0.15) is 0 Å². The Morgan fingerprint density at radius 2 is 1.72 bits per heavy atom. The van der Waals surface area contributed by atoms with Crippen molar-refractivity contribution >= 4 is 23.4 Å². The third kappa shape index (κ3) is 3.27. The van der Waals surface area contributed by atoms with Gasteiger partial charge in [0.05, 0.1) is 0 Å². The van der Waals surface area contributed by atoms with Crippen LogP contribution in [0.4, 0.5) is 0 Å². The Kier molecular flexibility index (Phi) is 4.66. The van der Waals surface area contributed by atoms with Gasteiger partial charge in [-0.1, -0.05) is 41.6 Å². The minimum Gasteiger partial charge on any atom is -0.329 e. The molecule has 0 saturated heterocycles. The average molecular weight is 279 g/mol. The highest BCUT2D eigenvalue weighted by molar-refractivity contribution is 7.99. The number of nitrogens with two attached hydrogens (primary N) is 2. The van der Waals surface area contributed by atoms with E-state index in [-0.39, 0.29) is 6.04 Å². The van der Waals surface area contributed by atoms with Crippen LogP contribution in [0.3, 0.4) is 0 Å². The largest absolute Gasteiger partial charge is 0.329 e. The van der Waals surface area contributed by atoms with Crippen molar-refractivity contribution in [3.8, 4) is 0 Å². The Labute approximate surface area is 116 Å². The molecule has 2 aromatic rings. The molecule has 2 nitrogen and oxygen atoms in total. The van der Waals surface area contributed by atoms with Crippen molar-refractivity contribution in [3.63, 3.8) is 0 Å². The Morgan fingerprint density at radius 3 is 2.39 bits per heavy atom. The van der Waals surface area contributed by atoms with Gasteiger partial charge in [0.1, 0.15) is 0 Å². The van der Waals surface area contributed by atoms with Crippen LogP contribution in [-0.2, 0) is 0 Å². The van der Waals surface area contributed by atoms with Gasteiger partial charge in [0, 0.05) is 27.4 Å². The molecule has 0 aliphatic carbocycles. The van der Waals surface area contributed by atoms with E-state index in [1.54, 1.807) is 11.8 Å². The van der Waals surface area contributed by atoms with Crippen LogP contribution in [0.25, 0.3) is 0 Å². The van der Waals surface area contributed by atoms with Crippen LogP contribution in [0.15, 0.2) is 58.3 Å². The lowest BCUT2D eigenvalue weighted by molar-refractivity contribution is 0.722. The second-order valence-corrected chi connectivity index (χ2v) is 5.49. The molecule has 0 aromatic heterocycles. The molecule has 18 heavy (non-hydrogen) atoms. The summed E-state index contributed by atoms with van der Waals surface area (Å²) in [5.74, 6) is 0. The van der Waals surface area contributed by atoms with Crippen molar-refractivity contribution in [2.75, 3.05) is 6.54 Å². The predicted octanol–water partition coefficient (Wildman–Crippen LogP) is 3.45. The van der Waals surface area contributed by atoms with Crippen LogP contribution in [-0.4, -0.2) is 6.54 Å². The van der Waals surface area contributed by atoms with Gasteiger partial charge in [0.2, 0.25) is 0 Å². The minimum atomic E-state index is -0.124. The van der Waals surface area contributed by atoms with Crippen molar-refractivity contribution in [1.29, 1.82) is 0 Å². The zero-order valence-corrected chi connectivity index (χ0v) is 11.4. The van der Waals surface area contributed by atoms with E-state index in [2.05, 4.69) is 6.07 Å². The number of rotatable bonds is 4. The van der Waals surface area contributed by atoms with Crippen LogP contribution in [0, 0.1) is 0 Å². The number of hydrogen-bond donors (Lipinski definition) is 2. The lowest BCUT2D eigenvalue weighted by Gasteiger charge is -2.14. The van der Waals surface area contributed by atoms with Gasteiger partial charge in [-0.15, -0.1) is 0 Å². The van der Waals surface area contributed by atoms with E-state index >= 15 is 0 Å². The van der Waals surface area contributed by atoms with E-state index in [1.807, 2.05) is 42.5 Å².